The van der Waals surface area contributed by atoms with E-state index in [2.05, 4.69) is 10.1 Å². The standard InChI is InChI=1S/C20H23FN4O2/c1-27-20(26)19(24)8-13-2-4-18(5-3-13)25-12-16(11-23)15-6-14(10-22)7-17(21)9-15/h2-7,9,11-12,19,23,25H,8,10,22,24H2,1H3/b16-12+,23-11?. The molecule has 142 valence electrons. The van der Waals surface area contributed by atoms with Crippen LogP contribution in [0.15, 0.2) is 48.7 Å². The van der Waals surface area contributed by atoms with Crippen LogP contribution in [0.25, 0.3) is 5.57 Å². The van der Waals surface area contributed by atoms with E-state index in [-0.39, 0.29) is 6.54 Å². The second-order valence-corrected chi connectivity index (χ2v) is 5.97. The minimum atomic E-state index is -0.706. The summed E-state index contributed by atoms with van der Waals surface area (Å²) in [5.41, 5.74) is 14.7. The topological polar surface area (TPSA) is 114 Å². The zero-order valence-corrected chi connectivity index (χ0v) is 15.0. The van der Waals surface area contributed by atoms with E-state index < -0.39 is 17.8 Å². The van der Waals surface area contributed by atoms with E-state index in [1.165, 1.54) is 19.2 Å². The highest BCUT2D eigenvalue weighted by molar-refractivity contribution is 6.08. The van der Waals surface area contributed by atoms with Gasteiger partial charge in [0.15, 0.2) is 0 Å². The molecule has 6 nitrogen and oxygen atoms in total. The number of rotatable bonds is 8. The van der Waals surface area contributed by atoms with Crippen LogP contribution in [0.1, 0.15) is 16.7 Å². The van der Waals surface area contributed by atoms with Gasteiger partial charge in [-0.1, -0.05) is 12.1 Å². The minimum Gasteiger partial charge on any atom is -0.468 e. The van der Waals surface area contributed by atoms with E-state index in [0.717, 1.165) is 17.5 Å². The van der Waals surface area contributed by atoms with Crippen molar-refractivity contribution in [3.8, 4) is 0 Å². The van der Waals surface area contributed by atoms with E-state index in [4.69, 9.17) is 16.9 Å². The lowest BCUT2D eigenvalue weighted by Crippen LogP contribution is -2.33. The molecule has 0 spiro atoms. The second kappa shape index (κ2) is 9.61. The van der Waals surface area contributed by atoms with Gasteiger partial charge in [-0.2, -0.15) is 0 Å². The van der Waals surface area contributed by atoms with E-state index in [1.54, 1.807) is 12.3 Å². The van der Waals surface area contributed by atoms with Crippen molar-refractivity contribution < 1.29 is 13.9 Å². The molecule has 7 heteroatoms. The molecular formula is C20H23FN4O2. The summed E-state index contributed by atoms with van der Waals surface area (Å²) in [6.45, 7) is 0.221. The van der Waals surface area contributed by atoms with E-state index in [9.17, 15) is 9.18 Å². The van der Waals surface area contributed by atoms with Crippen molar-refractivity contribution in [2.24, 2.45) is 11.5 Å². The van der Waals surface area contributed by atoms with Crippen LogP contribution in [-0.4, -0.2) is 25.3 Å². The maximum absolute atomic E-state index is 13.7. The molecule has 0 saturated carbocycles. The lowest BCUT2D eigenvalue weighted by Gasteiger charge is -2.10. The van der Waals surface area contributed by atoms with Gasteiger partial charge in [0.1, 0.15) is 11.9 Å². The van der Waals surface area contributed by atoms with E-state index >= 15 is 0 Å². The average molecular weight is 370 g/mol. The van der Waals surface area contributed by atoms with Crippen LogP contribution in [0.4, 0.5) is 10.1 Å². The summed E-state index contributed by atoms with van der Waals surface area (Å²) in [5, 5.41) is 10.7. The smallest absolute Gasteiger partial charge is 0.322 e. The Morgan fingerprint density at radius 2 is 1.96 bits per heavy atom. The molecule has 2 rings (SSSR count). The number of ether oxygens (including phenoxy) is 1. The maximum Gasteiger partial charge on any atom is 0.322 e. The molecule has 0 fully saturated rings. The Bertz CT molecular complexity index is 834. The molecule has 0 radical (unpaired) electrons. The molecule has 1 unspecified atom stereocenters. The van der Waals surface area contributed by atoms with Crippen molar-refractivity contribution in [1.29, 1.82) is 5.41 Å². The quantitative estimate of drug-likeness (QED) is 0.421. The van der Waals surface area contributed by atoms with Crippen molar-refractivity contribution in [3.05, 3.63) is 71.2 Å². The summed E-state index contributed by atoms with van der Waals surface area (Å²) >= 11 is 0. The first kappa shape index (κ1) is 20.3. The average Bonchev–Trinajstić information content (AvgIpc) is 2.68. The zero-order chi connectivity index (χ0) is 19.8. The van der Waals surface area contributed by atoms with Crippen LogP contribution in [0.3, 0.4) is 0 Å². The fourth-order valence-corrected chi connectivity index (χ4v) is 2.53. The first-order chi connectivity index (χ1) is 13.0. The molecule has 2 aromatic carbocycles. The molecule has 0 saturated heterocycles. The van der Waals surface area contributed by atoms with Gasteiger partial charge >= 0.3 is 5.97 Å². The molecule has 1 atom stereocenters. The number of hydrogen-bond acceptors (Lipinski definition) is 6. The summed E-state index contributed by atoms with van der Waals surface area (Å²) in [4.78, 5) is 11.4. The Labute approximate surface area is 157 Å². The van der Waals surface area contributed by atoms with Gasteiger partial charge in [-0.3, -0.25) is 4.79 Å². The van der Waals surface area contributed by atoms with Gasteiger partial charge in [0, 0.05) is 30.2 Å². The van der Waals surface area contributed by atoms with Crippen LogP contribution in [0, 0.1) is 11.2 Å². The predicted octanol–water partition coefficient (Wildman–Crippen LogP) is 2.43. The Kier molecular flexibility index (Phi) is 7.22. The van der Waals surface area contributed by atoms with Crippen molar-refractivity contribution in [3.63, 3.8) is 0 Å². The van der Waals surface area contributed by atoms with E-state index in [0.29, 0.717) is 23.1 Å². The molecule has 27 heavy (non-hydrogen) atoms. The van der Waals surface area contributed by atoms with Gasteiger partial charge in [0.25, 0.3) is 0 Å². The lowest BCUT2D eigenvalue weighted by atomic mass is 10.0. The fourth-order valence-electron chi connectivity index (χ4n) is 2.53. The predicted molar refractivity (Wildman–Crippen MR) is 105 cm³/mol. The maximum atomic E-state index is 13.7. The van der Waals surface area contributed by atoms with Gasteiger partial charge in [-0.25, -0.2) is 4.39 Å². The summed E-state index contributed by atoms with van der Waals surface area (Å²) in [7, 11) is 1.30. The number of carbonyl (C=O) groups excluding carboxylic acids is 1. The number of carbonyl (C=O) groups is 1. The van der Waals surface area contributed by atoms with Crippen molar-refractivity contribution in [1.82, 2.24) is 0 Å². The highest BCUT2D eigenvalue weighted by Gasteiger charge is 2.13. The Morgan fingerprint density at radius 1 is 1.26 bits per heavy atom. The van der Waals surface area contributed by atoms with Crippen LogP contribution in [0.2, 0.25) is 0 Å². The van der Waals surface area contributed by atoms with Gasteiger partial charge in [-0.05, 0) is 53.4 Å². The summed E-state index contributed by atoms with van der Waals surface area (Å²) in [5.74, 6) is -0.852. The summed E-state index contributed by atoms with van der Waals surface area (Å²) in [6, 6.07) is 11.1. The third kappa shape index (κ3) is 5.73. The van der Waals surface area contributed by atoms with Gasteiger partial charge in [0.05, 0.1) is 7.11 Å². The number of halogens is 1. The molecule has 0 aliphatic heterocycles. The van der Waals surface area contributed by atoms with Gasteiger partial charge in [-0.15, -0.1) is 0 Å². The molecular weight excluding hydrogens is 347 g/mol. The number of anilines is 1. The first-order valence-corrected chi connectivity index (χ1v) is 8.36. The van der Waals surface area contributed by atoms with Crippen molar-refractivity contribution >= 4 is 23.4 Å². The molecule has 0 amide bonds. The first-order valence-electron chi connectivity index (χ1n) is 8.36. The van der Waals surface area contributed by atoms with Crippen LogP contribution in [-0.2, 0) is 22.5 Å². The lowest BCUT2D eigenvalue weighted by molar-refractivity contribution is -0.142. The van der Waals surface area contributed by atoms with Gasteiger partial charge < -0.3 is 26.9 Å². The van der Waals surface area contributed by atoms with Crippen LogP contribution in [0.5, 0.6) is 0 Å². The Hall–Kier alpha value is -3.03. The van der Waals surface area contributed by atoms with Crippen molar-refractivity contribution in [2.45, 2.75) is 19.0 Å². The summed E-state index contributed by atoms with van der Waals surface area (Å²) < 4.78 is 18.3. The third-order valence-electron chi connectivity index (χ3n) is 3.99. The third-order valence-corrected chi connectivity index (χ3v) is 3.99. The van der Waals surface area contributed by atoms with Crippen LogP contribution < -0.4 is 16.8 Å². The molecule has 0 heterocycles. The number of methoxy groups -OCH3 is 1. The fraction of sp³-hybridized carbons (Fsp3) is 0.200. The SMILES string of the molecule is COC(=O)C(N)Cc1ccc(N/C=C(\C=N)c2cc(F)cc(CN)c2)cc1. The number of nitrogens with one attached hydrogen (secondary N) is 2. The Morgan fingerprint density at radius 3 is 2.56 bits per heavy atom. The molecule has 0 aliphatic rings. The van der Waals surface area contributed by atoms with Gasteiger partial charge in [0.2, 0.25) is 0 Å². The minimum absolute atomic E-state index is 0.221. The molecule has 6 N–H and O–H groups in total. The highest BCUT2D eigenvalue weighted by atomic mass is 19.1. The zero-order valence-electron chi connectivity index (χ0n) is 15.0. The summed E-state index contributed by atoms with van der Waals surface area (Å²) in [6.07, 6.45) is 3.14. The van der Waals surface area contributed by atoms with Crippen LogP contribution >= 0.6 is 0 Å². The normalized spacial score (nSPS) is 12.4. The molecule has 0 aliphatic carbocycles. The largest absolute Gasteiger partial charge is 0.468 e. The molecule has 0 bridgehead atoms. The number of nitrogens with two attached hydrogens (primary N) is 2. The molecule has 0 aromatic heterocycles. The Balaban J connectivity index is 2.10. The number of allylic oxidation sites excluding steroid dienone is 1. The molecule has 2 aromatic rings. The highest BCUT2D eigenvalue weighted by Crippen LogP contribution is 2.18. The second-order valence-electron chi connectivity index (χ2n) is 5.97. The number of hydrogen-bond donors (Lipinski definition) is 4. The number of esters is 1. The van der Waals surface area contributed by atoms with Crippen molar-refractivity contribution in [2.75, 3.05) is 12.4 Å². The van der Waals surface area contributed by atoms with E-state index in [1.807, 2.05) is 24.3 Å². The monoisotopic (exact) mass is 370 g/mol. The number of benzene rings is 2.